The number of methoxy groups -OCH3 is 3. The molecule has 2 aromatic rings. The van der Waals surface area contributed by atoms with Gasteiger partial charge in [0, 0.05) is 43.4 Å². The molecule has 10 heteroatoms. The number of para-hydroxylation sites is 1. The number of ether oxygens (including phenoxy) is 4. The van der Waals surface area contributed by atoms with Gasteiger partial charge in [-0.1, -0.05) is 18.2 Å². The fourth-order valence-electron chi connectivity index (χ4n) is 2.89. The van der Waals surface area contributed by atoms with E-state index < -0.39 is 6.61 Å². The first-order chi connectivity index (χ1) is 14.5. The molecule has 2 rings (SSSR count). The van der Waals surface area contributed by atoms with Gasteiger partial charge in [-0.15, -0.1) is 24.0 Å². The molecule has 0 aliphatic heterocycles. The molecule has 0 radical (unpaired) electrons. The molecular weight excluding hydrogens is 523 g/mol. The molecule has 0 fully saturated rings. The molecule has 0 bridgehead atoms. The Hall–Kier alpha value is -2.50. The Kier molecular flexibility index (Phi) is 11.8. The van der Waals surface area contributed by atoms with Gasteiger partial charge in [0.05, 0.1) is 21.3 Å². The Morgan fingerprint density at radius 2 is 1.61 bits per heavy atom. The summed E-state index contributed by atoms with van der Waals surface area (Å²) in [6, 6.07) is 10.2. The zero-order chi connectivity index (χ0) is 21.9. The van der Waals surface area contributed by atoms with Gasteiger partial charge in [0.1, 0.15) is 23.0 Å². The third kappa shape index (κ3) is 7.93. The molecule has 0 unspecified atom stereocenters. The first-order valence-electron chi connectivity index (χ1n) is 9.28. The van der Waals surface area contributed by atoms with Crippen LogP contribution in [0.2, 0.25) is 0 Å². The number of benzene rings is 2. The fourth-order valence-corrected chi connectivity index (χ4v) is 2.89. The summed E-state index contributed by atoms with van der Waals surface area (Å²) in [5.74, 6) is 2.61. The Morgan fingerprint density at radius 1 is 0.968 bits per heavy atom. The predicted molar refractivity (Wildman–Crippen MR) is 126 cm³/mol. The molecule has 0 saturated heterocycles. The van der Waals surface area contributed by atoms with Crippen LogP contribution in [-0.2, 0) is 13.0 Å². The van der Waals surface area contributed by atoms with Gasteiger partial charge in [-0.05, 0) is 12.5 Å². The minimum atomic E-state index is -2.88. The lowest BCUT2D eigenvalue weighted by Crippen LogP contribution is -2.38. The summed E-state index contributed by atoms with van der Waals surface area (Å²) in [5, 5.41) is 6.28. The molecule has 0 amide bonds. The predicted octanol–water partition coefficient (Wildman–Crippen LogP) is 3.84. The van der Waals surface area contributed by atoms with Gasteiger partial charge in [-0.3, -0.25) is 4.99 Å². The molecule has 0 aliphatic rings. The zero-order valence-electron chi connectivity index (χ0n) is 17.9. The summed E-state index contributed by atoms with van der Waals surface area (Å²) in [6.45, 7) is -2.07. The molecule has 0 spiro atoms. The number of hydrogen-bond donors (Lipinski definition) is 2. The van der Waals surface area contributed by atoms with E-state index in [1.165, 1.54) is 6.07 Å². The number of nitrogens with zero attached hydrogens (tertiary/aromatic N) is 1. The van der Waals surface area contributed by atoms with Gasteiger partial charge in [0.2, 0.25) is 0 Å². The highest BCUT2D eigenvalue weighted by atomic mass is 127. The summed E-state index contributed by atoms with van der Waals surface area (Å²) >= 11 is 0. The molecule has 7 nitrogen and oxygen atoms in total. The summed E-state index contributed by atoms with van der Waals surface area (Å²) in [7, 11) is 6.39. The van der Waals surface area contributed by atoms with Crippen LogP contribution in [0.3, 0.4) is 0 Å². The smallest absolute Gasteiger partial charge is 0.387 e. The summed E-state index contributed by atoms with van der Waals surface area (Å²) in [6.07, 6.45) is 0.599. The van der Waals surface area contributed by atoms with Crippen molar-refractivity contribution in [2.24, 2.45) is 4.99 Å². The normalized spacial score (nSPS) is 10.9. The molecule has 0 atom stereocenters. The van der Waals surface area contributed by atoms with Gasteiger partial charge in [-0.25, -0.2) is 0 Å². The average molecular weight is 551 g/mol. The highest BCUT2D eigenvalue weighted by molar-refractivity contribution is 14.0. The summed E-state index contributed by atoms with van der Waals surface area (Å²) < 4.78 is 45.8. The first-order valence-corrected chi connectivity index (χ1v) is 9.28. The van der Waals surface area contributed by atoms with E-state index in [9.17, 15) is 8.78 Å². The Bertz CT molecular complexity index is 828. The molecule has 0 aromatic heterocycles. The second-order valence-corrected chi connectivity index (χ2v) is 6.10. The molecule has 31 heavy (non-hydrogen) atoms. The second-order valence-electron chi connectivity index (χ2n) is 6.10. The van der Waals surface area contributed by atoms with Crippen LogP contribution in [0.15, 0.2) is 41.4 Å². The largest absolute Gasteiger partial charge is 0.496 e. The number of nitrogens with one attached hydrogen (secondary N) is 2. The molecule has 0 aliphatic carbocycles. The van der Waals surface area contributed by atoms with E-state index >= 15 is 0 Å². The SMILES string of the molecule is CN=C(NCCc1c(OC)cc(OC)cc1OC)NCc1ccccc1OC(F)F.I. The van der Waals surface area contributed by atoms with Crippen molar-refractivity contribution in [2.45, 2.75) is 19.6 Å². The van der Waals surface area contributed by atoms with E-state index in [1.807, 2.05) is 0 Å². The monoisotopic (exact) mass is 551 g/mol. The third-order valence-corrected chi connectivity index (χ3v) is 4.34. The van der Waals surface area contributed by atoms with Crippen LogP contribution in [0.25, 0.3) is 0 Å². The van der Waals surface area contributed by atoms with E-state index in [0.29, 0.717) is 41.7 Å². The maximum atomic E-state index is 12.6. The molecule has 172 valence electrons. The maximum Gasteiger partial charge on any atom is 0.387 e. The highest BCUT2D eigenvalue weighted by Gasteiger charge is 2.14. The van der Waals surface area contributed by atoms with Gasteiger partial charge in [0.15, 0.2) is 5.96 Å². The van der Waals surface area contributed by atoms with Crippen molar-refractivity contribution < 1.29 is 27.7 Å². The van der Waals surface area contributed by atoms with Crippen molar-refractivity contribution >= 4 is 29.9 Å². The third-order valence-electron chi connectivity index (χ3n) is 4.34. The van der Waals surface area contributed by atoms with E-state index in [0.717, 1.165) is 5.56 Å². The second kappa shape index (κ2) is 13.7. The van der Waals surface area contributed by atoms with Crippen molar-refractivity contribution in [1.82, 2.24) is 10.6 Å². The van der Waals surface area contributed by atoms with Crippen LogP contribution in [-0.4, -0.2) is 47.5 Å². The van der Waals surface area contributed by atoms with E-state index in [2.05, 4.69) is 20.4 Å². The molecule has 2 N–H and O–H groups in total. The molecular formula is C21H28F2IN3O4. The average Bonchev–Trinajstić information content (AvgIpc) is 2.76. The molecule has 0 saturated carbocycles. The standard InChI is InChI=1S/C21H27F2N3O4.HI/c1-24-21(26-13-14-7-5-6-8-17(14)30-20(22)23)25-10-9-16-18(28-3)11-15(27-2)12-19(16)29-4;/h5-8,11-12,20H,9-10,13H2,1-4H3,(H2,24,25,26);1H. The first kappa shape index (κ1) is 26.5. The van der Waals surface area contributed by atoms with Crippen molar-refractivity contribution in [3.8, 4) is 23.0 Å². The van der Waals surface area contributed by atoms with Crippen molar-refractivity contribution in [3.05, 3.63) is 47.5 Å². The van der Waals surface area contributed by atoms with Gasteiger partial charge in [-0.2, -0.15) is 8.78 Å². The van der Waals surface area contributed by atoms with Crippen LogP contribution in [0.5, 0.6) is 23.0 Å². The van der Waals surface area contributed by atoms with Crippen LogP contribution < -0.4 is 29.6 Å². The van der Waals surface area contributed by atoms with E-state index in [1.54, 1.807) is 58.7 Å². The zero-order valence-corrected chi connectivity index (χ0v) is 20.2. The number of alkyl halides is 2. The van der Waals surface area contributed by atoms with Crippen LogP contribution in [0.4, 0.5) is 8.78 Å². The van der Waals surface area contributed by atoms with Crippen LogP contribution in [0, 0.1) is 0 Å². The lowest BCUT2D eigenvalue weighted by molar-refractivity contribution is -0.0504. The van der Waals surface area contributed by atoms with Gasteiger partial charge >= 0.3 is 6.61 Å². The van der Waals surface area contributed by atoms with Crippen molar-refractivity contribution in [3.63, 3.8) is 0 Å². The fraction of sp³-hybridized carbons (Fsp3) is 0.381. The van der Waals surface area contributed by atoms with Crippen molar-refractivity contribution in [2.75, 3.05) is 34.9 Å². The minimum Gasteiger partial charge on any atom is -0.496 e. The van der Waals surface area contributed by atoms with Gasteiger partial charge < -0.3 is 29.6 Å². The number of rotatable bonds is 10. The Labute approximate surface area is 198 Å². The number of halogens is 3. The Morgan fingerprint density at radius 3 is 2.16 bits per heavy atom. The van der Waals surface area contributed by atoms with Gasteiger partial charge in [0.25, 0.3) is 0 Å². The van der Waals surface area contributed by atoms with E-state index in [-0.39, 0.29) is 36.3 Å². The summed E-state index contributed by atoms with van der Waals surface area (Å²) in [4.78, 5) is 4.16. The lowest BCUT2D eigenvalue weighted by atomic mass is 10.1. The minimum absolute atomic E-state index is 0. The van der Waals surface area contributed by atoms with E-state index in [4.69, 9.17) is 14.2 Å². The molecule has 0 heterocycles. The van der Waals surface area contributed by atoms with Crippen LogP contribution in [0.1, 0.15) is 11.1 Å². The number of guanidine groups is 1. The number of hydrogen-bond acceptors (Lipinski definition) is 5. The maximum absolute atomic E-state index is 12.6. The topological polar surface area (TPSA) is 73.3 Å². The van der Waals surface area contributed by atoms with Crippen molar-refractivity contribution in [1.29, 1.82) is 0 Å². The van der Waals surface area contributed by atoms with Crippen LogP contribution >= 0.6 is 24.0 Å². The quantitative estimate of drug-likeness (QED) is 0.266. The molecule has 2 aromatic carbocycles. The number of aliphatic imine (C=N–C) groups is 1. The summed E-state index contributed by atoms with van der Waals surface area (Å²) in [5.41, 5.74) is 1.48. The lowest BCUT2D eigenvalue weighted by Gasteiger charge is -2.17. The Balaban J connectivity index is 0.00000480. The highest BCUT2D eigenvalue weighted by Crippen LogP contribution is 2.34.